The van der Waals surface area contributed by atoms with Crippen LogP contribution < -0.4 is 14.8 Å². The van der Waals surface area contributed by atoms with Gasteiger partial charge < -0.3 is 14.8 Å². The monoisotopic (exact) mass is 320 g/mol. The van der Waals surface area contributed by atoms with Crippen LogP contribution in [0.25, 0.3) is 0 Å². The summed E-state index contributed by atoms with van der Waals surface area (Å²) in [5.74, 6) is 2.39. The van der Waals surface area contributed by atoms with Gasteiger partial charge in [0.15, 0.2) is 0 Å². The summed E-state index contributed by atoms with van der Waals surface area (Å²) >= 11 is 0. The van der Waals surface area contributed by atoms with E-state index < -0.39 is 0 Å². The zero-order valence-corrected chi connectivity index (χ0v) is 14.6. The van der Waals surface area contributed by atoms with Crippen molar-refractivity contribution < 1.29 is 14.3 Å². The highest BCUT2D eigenvalue weighted by Gasteiger charge is 2.08. The molecule has 5 nitrogen and oxygen atoms in total. The molecule has 1 rings (SSSR count). The lowest BCUT2D eigenvalue weighted by molar-refractivity contribution is -0.117. The molecule has 0 radical (unpaired) electrons. The third kappa shape index (κ3) is 6.24. The molecule has 0 aliphatic rings. The molecule has 0 aliphatic heterocycles. The average molecular weight is 320 g/mol. The molecule has 1 aromatic carbocycles. The van der Waals surface area contributed by atoms with Gasteiger partial charge >= 0.3 is 0 Å². The van der Waals surface area contributed by atoms with Crippen molar-refractivity contribution >= 4 is 0 Å². The zero-order chi connectivity index (χ0) is 17.1. The van der Waals surface area contributed by atoms with Gasteiger partial charge in [0.1, 0.15) is 17.3 Å². The molecule has 23 heavy (non-hydrogen) atoms. The molecular formula is C18H28N2O3. The molecule has 0 heterocycles. The van der Waals surface area contributed by atoms with E-state index in [9.17, 15) is 0 Å². The van der Waals surface area contributed by atoms with Gasteiger partial charge in [-0.15, -0.1) is 0 Å². The van der Waals surface area contributed by atoms with Gasteiger partial charge in [-0.05, 0) is 24.6 Å². The second kappa shape index (κ2) is 10.6. The van der Waals surface area contributed by atoms with E-state index in [1.807, 2.05) is 31.3 Å². The van der Waals surface area contributed by atoms with Gasteiger partial charge in [0.25, 0.3) is 0 Å². The zero-order valence-electron chi connectivity index (χ0n) is 14.6. The Kier molecular flexibility index (Phi) is 8.68. The predicted molar refractivity (Wildman–Crippen MR) is 93.3 cm³/mol. The number of nitrogens with one attached hydrogen (secondary N) is 1. The number of benzene rings is 1. The molecule has 1 N–H and O–H groups in total. The Labute approximate surface area is 139 Å². The SMILES string of the molecule is C=C/C=C(/NCc1ccc(OC)cc1OC)N(C)OCCCC. The second-order valence-electron chi connectivity index (χ2n) is 5.00. The Balaban J connectivity index is 2.72. The van der Waals surface area contributed by atoms with Crippen molar-refractivity contribution in [3.05, 3.63) is 48.3 Å². The van der Waals surface area contributed by atoms with Crippen LogP contribution in [0, 0.1) is 0 Å². The molecule has 5 heteroatoms. The van der Waals surface area contributed by atoms with Gasteiger partial charge in [-0.2, -0.15) is 0 Å². The highest BCUT2D eigenvalue weighted by atomic mass is 16.7. The number of hydrogen-bond donors (Lipinski definition) is 1. The quantitative estimate of drug-likeness (QED) is 0.384. The number of methoxy groups -OCH3 is 2. The first-order valence-electron chi connectivity index (χ1n) is 7.80. The van der Waals surface area contributed by atoms with Crippen molar-refractivity contribution in [1.82, 2.24) is 10.4 Å². The van der Waals surface area contributed by atoms with Crippen LogP contribution in [0.5, 0.6) is 11.5 Å². The maximum Gasteiger partial charge on any atom is 0.127 e. The Morgan fingerprint density at radius 2 is 2.09 bits per heavy atom. The molecule has 0 amide bonds. The van der Waals surface area contributed by atoms with Crippen molar-refractivity contribution in [2.75, 3.05) is 27.9 Å². The van der Waals surface area contributed by atoms with Gasteiger partial charge in [-0.1, -0.05) is 26.0 Å². The minimum absolute atomic E-state index is 0.605. The number of hydrogen-bond acceptors (Lipinski definition) is 5. The summed E-state index contributed by atoms with van der Waals surface area (Å²) < 4.78 is 10.6. The van der Waals surface area contributed by atoms with Crippen LogP contribution in [0.3, 0.4) is 0 Å². The fourth-order valence-corrected chi connectivity index (χ4v) is 1.99. The summed E-state index contributed by atoms with van der Waals surface area (Å²) in [5.41, 5.74) is 1.03. The van der Waals surface area contributed by atoms with Crippen LogP contribution in [0.4, 0.5) is 0 Å². The topological polar surface area (TPSA) is 43.0 Å². The van der Waals surface area contributed by atoms with E-state index in [1.165, 1.54) is 0 Å². The normalized spacial score (nSPS) is 11.0. The van der Waals surface area contributed by atoms with Crippen LogP contribution in [-0.4, -0.2) is 32.9 Å². The standard InChI is InChI=1S/C18H28N2O3/c1-6-8-12-23-20(3)18(9-7-2)19-14-15-10-11-16(21-4)13-17(15)22-5/h7,9-11,13,19H,2,6,8,12,14H2,1,3-5H3/b18-9-. The predicted octanol–water partition coefficient (Wildman–Crippen LogP) is 3.48. The highest BCUT2D eigenvalue weighted by Crippen LogP contribution is 2.24. The molecule has 128 valence electrons. The van der Waals surface area contributed by atoms with Crippen molar-refractivity contribution in [2.24, 2.45) is 0 Å². The van der Waals surface area contributed by atoms with Crippen LogP contribution in [0.15, 0.2) is 42.8 Å². The van der Waals surface area contributed by atoms with E-state index >= 15 is 0 Å². The molecule has 0 bridgehead atoms. The lowest BCUT2D eigenvalue weighted by Crippen LogP contribution is -2.29. The first kappa shape index (κ1) is 18.9. The number of allylic oxidation sites excluding steroid dienone is 2. The third-order valence-electron chi connectivity index (χ3n) is 3.35. The van der Waals surface area contributed by atoms with Crippen molar-refractivity contribution in [3.63, 3.8) is 0 Å². The molecule has 0 aliphatic carbocycles. The molecule has 0 saturated heterocycles. The van der Waals surface area contributed by atoms with Crippen LogP contribution >= 0.6 is 0 Å². The third-order valence-corrected chi connectivity index (χ3v) is 3.35. The van der Waals surface area contributed by atoms with Gasteiger partial charge in [0.2, 0.25) is 0 Å². The largest absolute Gasteiger partial charge is 0.497 e. The minimum Gasteiger partial charge on any atom is -0.497 e. The van der Waals surface area contributed by atoms with E-state index in [0.717, 1.165) is 35.7 Å². The minimum atomic E-state index is 0.605. The summed E-state index contributed by atoms with van der Waals surface area (Å²) in [6, 6.07) is 5.77. The Morgan fingerprint density at radius 3 is 2.70 bits per heavy atom. The molecule has 0 atom stereocenters. The molecule has 0 saturated carbocycles. The van der Waals surface area contributed by atoms with E-state index in [-0.39, 0.29) is 0 Å². The first-order valence-corrected chi connectivity index (χ1v) is 7.80. The number of ether oxygens (including phenoxy) is 2. The molecule has 0 fully saturated rings. The number of unbranched alkanes of at least 4 members (excludes halogenated alkanes) is 1. The van der Waals surface area contributed by atoms with Crippen LogP contribution in [0.1, 0.15) is 25.3 Å². The first-order chi connectivity index (χ1) is 11.2. The fourth-order valence-electron chi connectivity index (χ4n) is 1.99. The average Bonchev–Trinajstić information content (AvgIpc) is 2.58. The maximum absolute atomic E-state index is 5.68. The second-order valence-corrected chi connectivity index (χ2v) is 5.00. The highest BCUT2D eigenvalue weighted by molar-refractivity contribution is 5.40. The van der Waals surface area contributed by atoms with E-state index in [4.69, 9.17) is 14.3 Å². The lowest BCUT2D eigenvalue weighted by Gasteiger charge is -2.23. The molecular weight excluding hydrogens is 292 g/mol. The molecule has 0 unspecified atom stereocenters. The van der Waals surface area contributed by atoms with Gasteiger partial charge in [-0.3, -0.25) is 4.84 Å². The number of nitrogens with zero attached hydrogens (tertiary/aromatic N) is 1. The Bertz CT molecular complexity index is 515. The Morgan fingerprint density at radius 1 is 1.30 bits per heavy atom. The van der Waals surface area contributed by atoms with E-state index in [2.05, 4.69) is 18.8 Å². The van der Waals surface area contributed by atoms with Crippen molar-refractivity contribution in [2.45, 2.75) is 26.3 Å². The summed E-state index contributed by atoms with van der Waals surface area (Å²) in [7, 11) is 5.17. The van der Waals surface area contributed by atoms with E-state index in [1.54, 1.807) is 25.4 Å². The maximum atomic E-state index is 5.68. The molecule has 0 aromatic heterocycles. The fraction of sp³-hybridized carbons (Fsp3) is 0.444. The summed E-state index contributed by atoms with van der Waals surface area (Å²) in [4.78, 5) is 5.68. The Hall–Kier alpha value is -2.14. The lowest BCUT2D eigenvalue weighted by atomic mass is 10.2. The van der Waals surface area contributed by atoms with Crippen LogP contribution in [0.2, 0.25) is 0 Å². The van der Waals surface area contributed by atoms with Crippen LogP contribution in [-0.2, 0) is 11.4 Å². The van der Waals surface area contributed by atoms with Crippen molar-refractivity contribution in [3.8, 4) is 11.5 Å². The van der Waals surface area contributed by atoms with Crippen molar-refractivity contribution in [1.29, 1.82) is 0 Å². The van der Waals surface area contributed by atoms with Gasteiger partial charge in [0.05, 0.1) is 20.8 Å². The van der Waals surface area contributed by atoms with E-state index in [0.29, 0.717) is 13.2 Å². The number of hydroxylamine groups is 2. The van der Waals surface area contributed by atoms with Gasteiger partial charge in [-0.25, -0.2) is 5.06 Å². The molecule has 1 aromatic rings. The summed E-state index contributed by atoms with van der Waals surface area (Å²) in [5, 5.41) is 5.08. The number of rotatable bonds is 11. The smallest absolute Gasteiger partial charge is 0.127 e. The molecule has 0 spiro atoms. The summed E-state index contributed by atoms with van der Waals surface area (Å²) in [6.07, 6.45) is 5.73. The summed E-state index contributed by atoms with van der Waals surface area (Å²) in [6.45, 7) is 7.18. The van der Waals surface area contributed by atoms with Gasteiger partial charge in [0, 0.05) is 25.2 Å².